The highest BCUT2D eigenvalue weighted by Crippen LogP contribution is 2.37. The summed E-state index contributed by atoms with van der Waals surface area (Å²) in [5, 5.41) is 15.6. The molecule has 214 valence electrons. The number of esters is 1. The molecule has 3 aromatic rings. The third-order valence-corrected chi connectivity index (χ3v) is 6.88. The average Bonchev–Trinajstić information content (AvgIpc) is 2.96. The fourth-order valence-electron chi connectivity index (χ4n) is 4.84. The summed E-state index contributed by atoms with van der Waals surface area (Å²) < 4.78 is 4.99. The molecule has 0 saturated heterocycles. The van der Waals surface area contributed by atoms with E-state index in [4.69, 9.17) is 4.74 Å². The maximum atomic E-state index is 13.5. The first-order chi connectivity index (χ1) is 19.7. The van der Waals surface area contributed by atoms with Gasteiger partial charge in [-0.1, -0.05) is 30.3 Å². The SMILES string of the molecule is CCOC(=O)c1ccc(NC(=O)C2c3cccc(-c4ccc(C(=O)NCCN(C)C)cc4)c3CCN2C(=O)O)cc1. The summed E-state index contributed by atoms with van der Waals surface area (Å²) in [5.74, 6) is -1.12. The smallest absolute Gasteiger partial charge is 0.408 e. The maximum Gasteiger partial charge on any atom is 0.408 e. The van der Waals surface area contributed by atoms with E-state index in [0.29, 0.717) is 35.3 Å². The summed E-state index contributed by atoms with van der Waals surface area (Å²) in [6.07, 6.45) is -0.758. The van der Waals surface area contributed by atoms with Gasteiger partial charge < -0.3 is 25.4 Å². The zero-order valence-corrected chi connectivity index (χ0v) is 23.3. The van der Waals surface area contributed by atoms with Crippen molar-refractivity contribution in [1.82, 2.24) is 15.1 Å². The number of hydrogen-bond donors (Lipinski definition) is 3. The van der Waals surface area contributed by atoms with Gasteiger partial charge in [-0.25, -0.2) is 9.59 Å². The maximum absolute atomic E-state index is 13.5. The van der Waals surface area contributed by atoms with Crippen molar-refractivity contribution in [2.24, 2.45) is 0 Å². The highest BCUT2D eigenvalue weighted by molar-refractivity contribution is 5.99. The lowest BCUT2D eigenvalue weighted by Crippen LogP contribution is -2.44. The Balaban J connectivity index is 1.58. The number of hydrogen-bond acceptors (Lipinski definition) is 6. The van der Waals surface area contributed by atoms with Crippen LogP contribution in [-0.4, -0.2) is 79.1 Å². The molecule has 1 heterocycles. The summed E-state index contributed by atoms with van der Waals surface area (Å²) >= 11 is 0. The van der Waals surface area contributed by atoms with Crippen LogP contribution in [0.5, 0.6) is 0 Å². The van der Waals surface area contributed by atoms with Gasteiger partial charge in [0.1, 0.15) is 6.04 Å². The fraction of sp³-hybridized carbons (Fsp3) is 0.290. The zero-order chi connectivity index (χ0) is 29.5. The molecular formula is C31H34N4O6. The van der Waals surface area contributed by atoms with E-state index in [1.54, 1.807) is 55.5 Å². The van der Waals surface area contributed by atoms with E-state index in [2.05, 4.69) is 10.6 Å². The minimum absolute atomic E-state index is 0.144. The number of carboxylic acid groups (broad SMARTS) is 1. The molecule has 0 radical (unpaired) electrons. The highest BCUT2D eigenvalue weighted by Gasteiger charge is 2.37. The molecule has 10 nitrogen and oxygen atoms in total. The first-order valence-electron chi connectivity index (χ1n) is 13.4. The number of ether oxygens (including phenoxy) is 1. The molecule has 0 saturated carbocycles. The third kappa shape index (κ3) is 6.90. The largest absolute Gasteiger partial charge is 0.465 e. The highest BCUT2D eigenvalue weighted by atomic mass is 16.5. The van der Waals surface area contributed by atoms with Crippen molar-refractivity contribution in [2.45, 2.75) is 19.4 Å². The van der Waals surface area contributed by atoms with Crippen molar-refractivity contribution in [2.75, 3.05) is 45.7 Å². The zero-order valence-electron chi connectivity index (χ0n) is 23.3. The van der Waals surface area contributed by atoms with E-state index in [9.17, 15) is 24.3 Å². The molecule has 41 heavy (non-hydrogen) atoms. The number of amides is 3. The minimum atomic E-state index is -1.19. The van der Waals surface area contributed by atoms with E-state index in [-0.39, 0.29) is 19.1 Å². The molecule has 0 aliphatic carbocycles. The number of likely N-dealkylation sites (N-methyl/N-ethyl adjacent to an activating group) is 1. The molecular weight excluding hydrogens is 524 g/mol. The van der Waals surface area contributed by atoms with Crippen LogP contribution in [0.25, 0.3) is 11.1 Å². The second-order valence-electron chi connectivity index (χ2n) is 9.93. The van der Waals surface area contributed by atoms with Crippen LogP contribution >= 0.6 is 0 Å². The van der Waals surface area contributed by atoms with Gasteiger partial charge in [0.15, 0.2) is 0 Å². The minimum Gasteiger partial charge on any atom is -0.465 e. The summed E-state index contributed by atoms with van der Waals surface area (Å²) in [6.45, 7) is 3.39. The van der Waals surface area contributed by atoms with Gasteiger partial charge in [-0.2, -0.15) is 0 Å². The van der Waals surface area contributed by atoms with Crippen LogP contribution in [0, 0.1) is 0 Å². The number of carbonyl (C=O) groups excluding carboxylic acids is 3. The third-order valence-electron chi connectivity index (χ3n) is 6.88. The van der Waals surface area contributed by atoms with Crippen LogP contribution in [0.4, 0.5) is 10.5 Å². The van der Waals surface area contributed by atoms with Crippen molar-refractivity contribution in [1.29, 1.82) is 0 Å². The van der Waals surface area contributed by atoms with Crippen LogP contribution in [0.3, 0.4) is 0 Å². The van der Waals surface area contributed by atoms with Crippen LogP contribution in [0.1, 0.15) is 44.8 Å². The van der Waals surface area contributed by atoms with E-state index < -0.39 is 24.0 Å². The van der Waals surface area contributed by atoms with Gasteiger partial charge in [0.05, 0.1) is 12.2 Å². The lowest BCUT2D eigenvalue weighted by Gasteiger charge is -2.35. The van der Waals surface area contributed by atoms with E-state index >= 15 is 0 Å². The van der Waals surface area contributed by atoms with Gasteiger partial charge in [-0.15, -0.1) is 0 Å². The predicted octanol–water partition coefficient (Wildman–Crippen LogP) is 4.04. The Morgan fingerprint density at radius 3 is 2.29 bits per heavy atom. The fourth-order valence-corrected chi connectivity index (χ4v) is 4.84. The molecule has 0 fully saturated rings. The van der Waals surface area contributed by atoms with Crippen molar-refractivity contribution in [3.05, 3.63) is 89.0 Å². The van der Waals surface area contributed by atoms with Gasteiger partial charge in [-0.05, 0) is 86.1 Å². The molecule has 1 unspecified atom stereocenters. The number of nitrogens with zero attached hydrogens (tertiary/aromatic N) is 2. The van der Waals surface area contributed by atoms with Crippen molar-refractivity contribution < 1.29 is 29.0 Å². The summed E-state index contributed by atoms with van der Waals surface area (Å²) in [4.78, 5) is 53.2. The second-order valence-corrected chi connectivity index (χ2v) is 9.93. The van der Waals surface area contributed by atoms with Gasteiger partial charge in [0.25, 0.3) is 11.8 Å². The van der Waals surface area contributed by atoms with Gasteiger partial charge in [0.2, 0.25) is 0 Å². The Bertz CT molecular complexity index is 1420. The van der Waals surface area contributed by atoms with Gasteiger partial charge >= 0.3 is 12.1 Å². The summed E-state index contributed by atoms with van der Waals surface area (Å²) in [6, 6.07) is 17.9. The Hall–Kier alpha value is -4.70. The molecule has 3 N–H and O–H groups in total. The van der Waals surface area contributed by atoms with E-state index in [1.807, 2.05) is 37.2 Å². The Kier molecular flexibility index (Phi) is 9.36. The number of fused-ring (bicyclic) bond motifs is 1. The van der Waals surface area contributed by atoms with Crippen LogP contribution in [0.15, 0.2) is 66.7 Å². The first-order valence-corrected chi connectivity index (χ1v) is 13.4. The van der Waals surface area contributed by atoms with Crippen molar-refractivity contribution >= 4 is 29.6 Å². The number of anilines is 1. The molecule has 3 amide bonds. The molecule has 4 rings (SSSR count). The van der Waals surface area contributed by atoms with Crippen molar-refractivity contribution in [3.8, 4) is 11.1 Å². The van der Waals surface area contributed by atoms with E-state index in [1.165, 1.54) is 0 Å². The first kappa shape index (κ1) is 29.3. The Morgan fingerprint density at radius 1 is 0.976 bits per heavy atom. The lowest BCUT2D eigenvalue weighted by atomic mass is 9.86. The monoisotopic (exact) mass is 558 g/mol. The van der Waals surface area contributed by atoms with Gasteiger partial charge in [-0.3, -0.25) is 14.5 Å². The molecule has 10 heteroatoms. The molecule has 1 atom stereocenters. The summed E-state index contributed by atoms with van der Waals surface area (Å²) in [5.41, 5.74) is 4.54. The molecule has 0 bridgehead atoms. The summed E-state index contributed by atoms with van der Waals surface area (Å²) in [7, 11) is 3.88. The van der Waals surface area contributed by atoms with Crippen LogP contribution < -0.4 is 10.6 Å². The molecule has 0 spiro atoms. The quantitative estimate of drug-likeness (QED) is 0.338. The Labute approximate surface area is 238 Å². The number of nitrogens with one attached hydrogen (secondary N) is 2. The van der Waals surface area contributed by atoms with Gasteiger partial charge in [0, 0.05) is 30.9 Å². The number of carbonyl (C=O) groups is 4. The normalized spacial score (nSPS) is 14.2. The molecule has 1 aliphatic rings. The lowest BCUT2D eigenvalue weighted by molar-refractivity contribution is -0.121. The molecule has 0 aromatic heterocycles. The van der Waals surface area contributed by atoms with Crippen molar-refractivity contribution in [3.63, 3.8) is 0 Å². The molecule has 1 aliphatic heterocycles. The average molecular weight is 559 g/mol. The standard InChI is InChI=1S/C31H34N4O6/c1-4-41-30(38)22-12-14-23(15-13-22)33-29(37)27-26-7-5-6-24(25(26)16-18-35(27)31(39)40)20-8-10-21(11-9-20)28(36)32-17-19-34(2)3/h5-15,27H,4,16-19H2,1-3H3,(H,32,36)(H,33,37)(H,39,40). The Morgan fingerprint density at radius 2 is 1.66 bits per heavy atom. The number of rotatable bonds is 9. The number of benzene rings is 3. The van der Waals surface area contributed by atoms with Crippen LogP contribution in [-0.2, 0) is 16.0 Å². The van der Waals surface area contributed by atoms with Crippen LogP contribution in [0.2, 0.25) is 0 Å². The molecule has 3 aromatic carbocycles. The topological polar surface area (TPSA) is 128 Å². The predicted molar refractivity (Wildman–Crippen MR) is 155 cm³/mol. The van der Waals surface area contributed by atoms with E-state index in [0.717, 1.165) is 28.1 Å². The second kappa shape index (κ2) is 13.1.